The van der Waals surface area contributed by atoms with Gasteiger partial charge in [0.15, 0.2) is 0 Å². The Labute approximate surface area is 104 Å². The second-order valence-corrected chi connectivity index (χ2v) is 4.73. The number of benzene rings is 1. The van der Waals surface area contributed by atoms with Gasteiger partial charge in [0.2, 0.25) is 0 Å². The maximum absolute atomic E-state index is 11.7. The van der Waals surface area contributed by atoms with Crippen molar-refractivity contribution in [2.24, 2.45) is 4.99 Å². The lowest BCUT2D eigenvalue weighted by molar-refractivity contribution is 0.100. The van der Waals surface area contributed by atoms with E-state index in [1.165, 1.54) is 6.34 Å². The molecule has 0 bridgehead atoms. The Morgan fingerprint density at radius 1 is 1.31 bits per heavy atom. The number of hydrogen-bond acceptors (Lipinski definition) is 1. The van der Waals surface area contributed by atoms with E-state index in [2.05, 4.69) is 20.9 Å². The molecule has 1 amide bonds. The third-order valence-electron chi connectivity index (χ3n) is 2.09. The number of carbonyl (C=O) groups is 1. The number of amides is 1. The zero-order chi connectivity index (χ0) is 12.3. The number of carbonyl (C=O) groups excluding carboxylic acids is 1. The van der Waals surface area contributed by atoms with Gasteiger partial charge in [0, 0.05) is 24.1 Å². The van der Waals surface area contributed by atoms with E-state index >= 15 is 0 Å². The van der Waals surface area contributed by atoms with Crippen molar-refractivity contribution in [1.82, 2.24) is 4.90 Å². The normalized spacial score (nSPS) is 10.8. The molecule has 0 aromatic heterocycles. The summed E-state index contributed by atoms with van der Waals surface area (Å²) < 4.78 is 1.04. The van der Waals surface area contributed by atoms with E-state index in [0.717, 1.165) is 15.6 Å². The van der Waals surface area contributed by atoms with Gasteiger partial charge in [0.05, 0.1) is 6.34 Å². The number of nitrogens with zero attached hydrogens (tertiary/aromatic N) is 2. The smallest absolute Gasteiger partial charge is 0.278 e. The van der Waals surface area contributed by atoms with Crippen molar-refractivity contribution in [3.05, 3.63) is 33.3 Å². The van der Waals surface area contributed by atoms with Crippen LogP contribution in [0.4, 0.5) is 0 Å². The quantitative estimate of drug-likeness (QED) is 0.617. The van der Waals surface area contributed by atoms with Crippen LogP contribution in [-0.2, 0) is 0 Å². The van der Waals surface area contributed by atoms with Crippen LogP contribution in [0.25, 0.3) is 0 Å². The first kappa shape index (κ1) is 12.9. The Morgan fingerprint density at radius 3 is 2.25 bits per heavy atom. The maximum Gasteiger partial charge on any atom is 0.278 e. The van der Waals surface area contributed by atoms with Crippen LogP contribution in [0.15, 0.2) is 21.6 Å². The van der Waals surface area contributed by atoms with Gasteiger partial charge in [-0.1, -0.05) is 15.9 Å². The molecule has 16 heavy (non-hydrogen) atoms. The standard InChI is InChI=1S/C12H15BrN2O/c1-8-5-10(6-9(2)11(8)13)12(16)14-7-15(3)4/h5-7H,1-4H3. The molecular formula is C12H15BrN2O. The van der Waals surface area contributed by atoms with Crippen molar-refractivity contribution in [2.75, 3.05) is 14.1 Å². The lowest BCUT2D eigenvalue weighted by Gasteiger charge is -2.06. The average molecular weight is 283 g/mol. The minimum absolute atomic E-state index is 0.215. The lowest BCUT2D eigenvalue weighted by Crippen LogP contribution is -2.10. The summed E-state index contributed by atoms with van der Waals surface area (Å²) in [4.78, 5) is 17.3. The molecule has 0 fully saturated rings. The molecule has 0 aliphatic heterocycles. The third kappa shape index (κ3) is 3.17. The molecular weight excluding hydrogens is 268 g/mol. The van der Waals surface area contributed by atoms with E-state index in [1.807, 2.05) is 40.1 Å². The molecule has 0 aliphatic carbocycles. The molecule has 4 heteroatoms. The van der Waals surface area contributed by atoms with Crippen LogP contribution in [0.2, 0.25) is 0 Å². The van der Waals surface area contributed by atoms with Gasteiger partial charge in [-0.3, -0.25) is 4.79 Å². The Bertz CT molecular complexity index is 416. The van der Waals surface area contributed by atoms with Gasteiger partial charge in [-0.2, -0.15) is 4.99 Å². The molecule has 1 aromatic carbocycles. The highest BCUT2D eigenvalue weighted by Crippen LogP contribution is 2.22. The molecule has 86 valence electrons. The van der Waals surface area contributed by atoms with Crippen molar-refractivity contribution in [3.63, 3.8) is 0 Å². The number of aryl methyl sites for hydroxylation is 2. The molecule has 0 heterocycles. The summed E-state index contributed by atoms with van der Waals surface area (Å²) in [6.07, 6.45) is 1.51. The fourth-order valence-electron chi connectivity index (χ4n) is 1.31. The first-order valence-electron chi connectivity index (χ1n) is 4.93. The third-order valence-corrected chi connectivity index (χ3v) is 3.34. The monoisotopic (exact) mass is 282 g/mol. The van der Waals surface area contributed by atoms with Crippen LogP contribution in [-0.4, -0.2) is 31.2 Å². The Hall–Kier alpha value is -1.16. The molecule has 0 saturated carbocycles. The summed E-state index contributed by atoms with van der Waals surface area (Å²) >= 11 is 3.47. The van der Waals surface area contributed by atoms with Crippen LogP contribution >= 0.6 is 15.9 Å². The van der Waals surface area contributed by atoms with Crippen molar-refractivity contribution in [3.8, 4) is 0 Å². The molecule has 1 aromatic rings. The fraction of sp³-hybridized carbons (Fsp3) is 0.333. The van der Waals surface area contributed by atoms with Gasteiger partial charge in [0.1, 0.15) is 0 Å². The number of hydrogen-bond donors (Lipinski definition) is 0. The van der Waals surface area contributed by atoms with Crippen molar-refractivity contribution in [2.45, 2.75) is 13.8 Å². The summed E-state index contributed by atoms with van der Waals surface area (Å²) in [6, 6.07) is 3.68. The summed E-state index contributed by atoms with van der Waals surface area (Å²) in [6.45, 7) is 3.92. The van der Waals surface area contributed by atoms with E-state index in [1.54, 1.807) is 4.90 Å². The van der Waals surface area contributed by atoms with Gasteiger partial charge in [0.25, 0.3) is 5.91 Å². The minimum Gasteiger partial charge on any atom is -0.369 e. The second-order valence-electron chi connectivity index (χ2n) is 3.94. The average Bonchev–Trinajstić information content (AvgIpc) is 2.21. The minimum atomic E-state index is -0.215. The fourth-order valence-corrected chi connectivity index (χ4v) is 1.54. The molecule has 0 atom stereocenters. The van der Waals surface area contributed by atoms with E-state index in [4.69, 9.17) is 0 Å². The molecule has 0 unspecified atom stereocenters. The van der Waals surface area contributed by atoms with Crippen LogP contribution in [0.3, 0.4) is 0 Å². The van der Waals surface area contributed by atoms with Crippen molar-refractivity contribution >= 4 is 28.2 Å². The van der Waals surface area contributed by atoms with Gasteiger partial charge in [-0.05, 0) is 37.1 Å². The molecule has 0 saturated heterocycles. The summed E-state index contributed by atoms with van der Waals surface area (Å²) in [5.74, 6) is -0.215. The van der Waals surface area contributed by atoms with E-state index < -0.39 is 0 Å². The van der Waals surface area contributed by atoms with Gasteiger partial charge < -0.3 is 4.90 Å². The van der Waals surface area contributed by atoms with Gasteiger partial charge in [-0.25, -0.2) is 0 Å². The van der Waals surface area contributed by atoms with Crippen LogP contribution < -0.4 is 0 Å². The zero-order valence-electron chi connectivity index (χ0n) is 9.91. The summed E-state index contributed by atoms with van der Waals surface area (Å²) in [5, 5.41) is 0. The highest BCUT2D eigenvalue weighted by molar-refractivity contribution is 9.10. The summed E-state index contributed by atoms with van der Waals surface area (Å²) in [5.41, 5.74) is 2.71. The van der Waals surface area contributed by atoms with Crippen molar-refractivity contribution in [1.29, 1.82) is 0 Å². The van der Waals surface area contributed by atoms with Crippen LogP contribution in [0.5, 0.6) is 0 Å². The van der Waals surface area contributed by atoms with E-state index in [9.17, 15) is 4.79 Å². The van der Waals surface area contributed by atoms with Gasteiger partial charge in [-0.15, -0.1) is 0 Å². The van der Waals surface area contributed by atoms with Crippen LogP contribution in [0.1, 0.15) is 21.5 Å². The predicted molar refractivity (Wildman–Crippen MR) is 70.1 cm³/mol. The molecule has 0 aliphatic rings. The largest absolute Gasteiger partial charge is 0.369 e. The predicted octanol–water partition coefficient (Wildman–Crippen LogP) is 2.80. The number of rotatable bonds is 2. The number of halogens is 1. The molecule has 3 nitrogen and oxygen atoms in total. The highest BCUT2D eigenvalue weighted by Gasteiger charge is 2.07. The molecule has 0 spiro atoms. The lowest BCUT2D eigenvalue weighted by atomic mass is 10.1. The maximum atomic E-state index is 11.7. The van der Waals surface area contributed by atoms with E-state index in [0.29, 0.717) is 5.56 Å². The van der Waals surface area contributed by atoms with Gasteiger partial charge >= 0.3 is 0 Å². The first-order valence-corrected chi connectivity index (χ1v) is 5.73. The van der Waals surface area contributed by atoms with Crippen molar-refractivity contribution < 1.29 is 4.79 Å². The Balaban J connectivity index is 3.02. The Kier molecular flexibility index (Phi) is 4.24. The molecule has 0 N–H and O–H groups in total. The zero-order valence-corrected chi connectivity index (χ0v) is 11.5. The summed E-state index contributed by atoms with van der Waals surface area (Å²) in [7, 11) is 3.66. The Morgan fingerprint density at radius 2 is 1.81 bits per heavy atom. The SMILES string of the molecule is Cc1cc(C(=O)N=CN(C)C)cc(C)c1Br. The number of aliphatic imine (C=N–C) groups is 1. The van der Waals surface area contributed by atoms with Crippen LogP contribution in [0, 0.1) is 13.8 Å². The molecule has 1 rings (SSSR count). The second kappa shape index (κ2) is 5.25. The highest BCUT2D eigenvalue weighted by atomic mass is 79.9. The van der Waals surface area contributed by atoms with E-state index in [-0.39, 0.29) is 5.91 Å². The first-order chi connectivity index (χ1) is 7.41. The topological polar surface area (TPSA) is 32.7 Å². The molecule has 0 radical (unpaired) electrons.